The summed E-state index contributed by atoms with van der Waals surface area (Å²) in [4.78, 5) is 81.8. The van der Waals surface area contributed by atoms with E-state index in [1.807, 2.05) is 0 Å². The van der Waals surface area contributed by atoms with E-state index >= 15 is 0 Å². The molecule has 0 aliphatic rings. The Morgan fingerprint density at radius 2 is 1.47 bits per heavy atom. The molecule has 0 saturated heterocycles. The van der Waals surface area contributed by atoms with Gasteiger partial charge < -0.3 is 52.2 Å². The number of anilines is 1. The van der Waals surface area contributed by atoms with Crippen LogP contribution in [0.2, 0.25) is 0 Å². The van der Waals surface area contributed by atoms with Gasteiger partial charge in [-0.1, -0.05) is 37.8 Å². The predicted molar refractivity (Wildman–Crippen MR) is 210 cm³/mol. The Bertz CT molecular complexity index is 1830. The van der Waals surface area contributed by atoms with E-state index in [1.54, 1.807) is 38.1 Å². The van der Waals surface area contributed by atoms with Crippen molar-refractivity contribution in [3.8, 4) is 11.8 Å². The van der Waals surface area contributed by atoms with Crippen LogP contribution in [0.25, 0.3) is 0 Å². The minimum Gasteiger partial charge on any atom is -0.392 e. The van der Waals surface area contributed by atoms with Crippen molar-refractivity contribution in [2.75, 3.05) is 57.6 Å². The molecule has 0 radical (unpaired) electrons. The largest absolute Gasteiger partial charge is 0.392 e. The SMILES string of the molecule is CC(C)C(NC(=O)COCC(=O)NCCOCCNC(=O)CCCC#Cc1cnc(S(C)(=O)=O)nc1)C(=O)N[C@@H](CCCNC(N)=O)C(=O)Nc1ccc(CO)cc1. The van der Waals surface area contributed by atoms with Gasteiger partial charge in [0.15, 0.2) is 0 Å². The first-order valence-corrected chi connectivity index (χ1v) is 20.3. The number of ether oxygens (including phenoxy) is 2. The van der Waals surface area contributed by atoms with Gasteiger partial charge in [0.1, 0.15) is 25.3 Å². The number of nitrogens with one attached hydrogen (secondary N) is 6. The van der Waals surface area contributed by atoms with Crippen molar-refractivity contribution >= 4 is 51.1 Å². The van der Waals surface area contributed by atoms with Crippen molar-refractivity contribution < 1.29 is 51.8 Å². The number of urea groups is 1. The Morgan fingerprint density at radius 1 is 0.828 bits per heavy atom. The molecule has 58 heavy (non-hydrogen) atoms. The molecule has 0 spiro atoms. The van der Waals surface area contributed by atoms with E-state index in [-0.39, 0.29) is 63.4 Å². The summed E-state index contributed by atoms with van der Waals surface area (Å²) in [6, 6.07) is 3.65. The number of nitrogens with zero attached hydrogens (tertiary/aromatic N) is 2. The normalized spacial score (nSPS) is 11.9. The molecule has 0 aliphatic carbocycles. The second-order valence-electron chi connectivity index (χ2n) is 13.1. The molecular formula is C37H53N9O11S. The monoisotopic (exact) mass is 831 g/mol. The van der Waals surface area contributed by atoms with Gasteiger partial charge in [0.05, 0.1) is 25.4 Å². The van der Waals surface area contributed by atoms with Gasteiger partial charge >= 0.3 is 6.03 Å². The van der Waals surface area contributed by atoms with Crippen molar-refractivity contribution in [3.63, 3.8) is 0 Å². The minimum absolute atomic E-state index is 0.136. The quantitative estimate of drug-likeness (QED) is 0.0334. The van der Waals surface area contributed by atoms with E-state index in [1.165, 1.54) is 12.4 Å². The summed E-state index contributed by atoms with van der Waals surface area (Å²) in [5.74, 6) is 2.80. The fraction of sp³-hybridized carbons (Fsp3) is 0.514. The second kappa shape index (κ2) is 26.3. The number of hydrogen-bond acceptors (Lipinski definition) is 13. The first kappa shape index (κ1) is 48.5. The van der Waals surface area contributed by atoms with Crippen LogP contribution in [0.15, 0.2) is 41.8 Å². The van der Waals surface area contributed by atoms with E-state index in [4.69, 9.17) is 15.2 Å². The summed E-state index contributed by atoms with van der Waals surface area (Å²) in [7, 11) is -3.49. The molecule has 9 N–H and O–H groups in total. The third-order valence-electron chi connectivity index (χ3n) is 7.77. The highest BCUT2D eigenvalue weighted by Crippen LogP contribution is 2.12. The number of aromatic nitrogens is 2. The Labute approximate surface area is 337 Å². The molecule has 2 atom stereocenters. The van der Waals surface area contributed by atoms with E-state index in [2.05, 4.69) is 53.7 Å². The van der Waals surface area contributed by atoms with Crippen LogP contribution < -0.4 is 37.6 Å². The van der Waals surface area contributed by atoms with Crippen LogP contribution >= 0.6 is 0 Å². The highest BCUT2D eigenvalue weighted by Gasteiger charge is 2.29. The summed E-state index contributed by atoms with van der Waals surface area (Å²) in [5.41, 5.74) is 6.66. The average Bonchev–Trinajstić information content (AvgIpc) is 3.17. The highest BCUT2D eigenvalue weighted by atomic mass is 32.2. The molecule has 0 saturated carbocycles. The Balaban J connectivity index is 1.65. The first-order chi connectivity index (χ1) is 27.6. The van der Waals surface area contributed by atoms with Crippen molar-refractivity contribution in [3.05, 3.63) is 47.8 Å². The summed E-state index contributed by atoms with van der Waals surface area (Å²) in [6.45, 7) is 3.24. The number of carbonyl (C=O) groups is 6. The second-order valence-corrected chi connectivity index (χ2v) is 15.0. The lowest BCUT2D eigenvalue weighted by Gasteiger charge is -2.25. The fourth-order valence-electron chi connectivity index (χ4n) is 4.80. The van der Waals surface area contributed by atoms with Gasteiger partial charge in [0, 0.05) is 56.8 Å². The van der Waals surface area contributed by atoms with Gasteiger partial charge in [-0.2, -0.15) is 0 Å². The summed E-state index contributed by atoms with van der Waals surface area (Å²) in [6.07, 6.45) is 5.30. The standard InChI is InChI=1S/C37H53N9O11S/c1-25(2)33(35(52)45-29(9-7-15-41-36(38)53)34(51)44-28-13-11-26(22-47)12-14-28)46-32(50)24-57-23-31(49)40-17-19-56-18-16-39-30(48)10-6-4-5-8-27-20-42-37(43-21-27)58(3,54)55/h11-14,20-21,25,29,33,47H,4,6-7,9-10,15-19,22-24H2,1-3H3,(H,39,48)(H,40,49)(H,44,51)(H,45,52)(H,46,50)(H3,38,41,53)/t29-,33?/m0/s1. The number of nitrogens with two attached hydrogens (primary N) is 1. The van der Waals surface area contributed by atoms with Crippen LogP contribution in [0, 0.1) is 17.8 Å². The van der Waals surface area contributed by atoms with Crippen molar-refractivity contribution in [2.24, 2.45) is 11.7 Å². The molecule has 0 fully saturated rings. The number of amides is 7. The summed E-state index contributed by atoms with van der Waals surface area (Å²) < 4.78 is 33.4. The van der Waals surface area contributed by atoms with Gasteiger partial charge in [-0.15, -0.1) is 0 Å². The van der Waals surface area contributed by atoms with E-state index in [9.17, 15) is 42.3 Å². The number of aliphatic hydroxyl groups is 1. The molecule has 2 rings (SSSR count). The number of sulfone groups is 1. The third-order valence-corrected chi connectivity index (χ3v) is 8.65. The maximum absolute atomic E-state index is 13.3. The zero-order chi connectivity index (χ0) is 42.9. The lowest BCUT2D eigenvalue weighted by molar-refractivity contribution is -0.135. The van der Waals surface area contributed by atoms with Crippen LogP contribution in [-0.4, -0.2) is 123 Å². The van der Waals surface area contributed by atoms with Gasteiger partial charge in [0.25, 0.3) is 0 Å². The molecule has 1 heterocycles. The first-order valence-electron chi connectivity index (χ1n) is 18.4. The number of aliphatic hydroxyl groups excluding tert-OH is 1. The molecule has 20 nitrogen and oxygen atoms in total. The number of carbonyl (C=O) groups excluding carboxylic acids is 6. The molecule has 0 bridgehead atoms. The smallest absolute Gasteiger partial charge is 0.312 e. The van der Waals surface area contributed by atoms with Crippen LogP contribution in [-0.2, 0) is 49.9 Å². The van der Waals surface area contributed by atoms with Crippen LogP contribution in [0.5, 0.6) is 0 Å². The summed E-state index contributed by atoms with van der Waals surface area (Å²) >= 11 is 0. The molecule has 1 aromatic heterocycles. The van der Waals surface area contributed by atoms with Gasteiger partial charge in [-0.3, -0.25) is 24.0 Å². The lowest BCUT2D eigenvalue weighted by Crippen LogP contribution is -2.55. The highest BCUT2D eigenvalue weighted by molar-refractivity contribution is 7.90. The van der Waals surface area contributed by atoms with E-state index in [0.29, 0.717) is 36.1 Å². The van der Waals surface area contributed by atoms with Crippen LogP contribution in [0.1, 0.15) is 57.1 Å². The molecule has 318 valence electrons. The summed E-state index contributed by atoms with van der Waals surface area (Å²) in [5, 5.41) is 24.7. The zero-order valence-corrected chi connectivity index (χ0v) is 33.6. The molecule has 21 heteroatoms. The fourth-order valence-corrected chi connectivity index (χ4v) is 5.29. The molecule has 7 amide bonds. The number of hydrogen-bond donors (Lipinski definition) is 8. The van der Waals surface area contributed by atoms with Crippen LogP contribution in [0.4, 0.5) is 10.5 Å². The van der Waals surface area contributed by atoms with Crippen LogP contribution in [0.3, 0.4) is 0 Å². The minimum atomic E-state index is -3.49. The third kappa shape index (κ3) is 20.5. The molecule has 1 aromatic carbocycles. The maximum atomic E-state index is 13.3. The number of benzene rings is 1. The topological polar surface area (TPSA) is 299 Å². The Morgan fingerprint density at radius 3 is 2.07 bits per heavy atom. The van der Waals surface area contributed by atoms with Gasteiger partial charge in [-0.05, 0) is 42.9 Å². The molecule has 0 aliphatic heterocycles. The van der Waals surface area contributed by atoms with Crippen molar-refractivity contribution in [1.29, 1.82) is 0 Å². The molecular weight excluding hydrogens is 779 g/mol. The molecule has 2 aromatic rings. The lowest BCUT2D eigenvalue weighted by atomic mass is 10.0. The van der Waals surface area contributed by atoms with Crippen molar-refractivity contribution in [1.82, 2.24) is 36.6 Å². The van der Waals surface area contributed by atoms with Crippen molar-refractivity contribution in [2.45, 2.75) is 69.8 Å². The Kier molecular flexibility index (Phi) is 21.9. The zero-order valence-electron chi connectivity index (χ0n) is 32.8. The van der Waals surface area contributed by atoms with E-state index in [0.717, 1.165) is 6.26 Å². The number of primary amides is 1. The van der Waals surface area contributed by atoms with Gasteiger partial charge in [0.2, 0.25) is 44.5 Å². The predicted octanol–water partition coefficient (Wildman–Crippen LogP) is -1.13. The number of rotatable bonds is 25. The average molecular weight is 832 g/mol. The maximum Gasteiger partial charge on any atom is 0.312 e. The molecule has 1 unspecified atom stereocenters. The number of unbranched alkanes of at least 4 members (excludes halogenated alkanes) is 1. The van der Waals surface area contributed by atoms with Gasteiger partial charge in [-0.25, -0.2) is 23.2 Å². The Hall–Kier alpha value is -5.69. The van der Waals surface area contributed by atoms with E-state index < -0.39 is 70.7 Å².